The van der Waals surface area contributed by atoms with Crippen LogP contribution in [0, 0.1) is 0 Å². The molecule has 0 aliphatic heterocycles. The van der Waals surface area contributed by atoms with Crippen LogP contribution in [0.3, 0.4) is 0 Å². The number of hydrogen-bond donors (Lipinski definition) is 4. The van der Waals surface area contributed by atoms with Crippen molar-refractivity contribution in [1.82, 2.24) is 10.6 Å². The summed E-state index contributed by atoms with van der Waals surface area (Å²) in [5, 5.41) is 14.1. The number of carbonyl (C=O) groups is 3. The Balaban J connectivity index is 1.65. The molecule has 0 unspecified atom stereocenters. The second-order valence-electron chi connectivity index (χ2n) is 7.39. The van der Waals surface area contributed by atoms with Gasteiger partial charge >= 0.3 is 12.1 Å². The molecule has 3 rings (SSSR count). The summed E-state index contributed by atoms with van der Waals surface area (Å²) in [6.07, 6.45) is 1.51. The van der Waals surface area contributed by atoms with Crippen molar-refractivity contribution in [2.24, 2.45) is 0 Å². The molecule has 32 heavy (non-hydrogen) atoms. The number of hydrogen-bond acceptors (Lipinski definition) is 6. The van der Waals surface area contributed by atoms with E-state index in [-0.39, 0.29) is 18.3 Å². The Morgan fingerprint density at radius 1 is 1.03 bits per heavy atom. The van der Waals surface area contributed by atoms with Crippen molar-refractivity contribution in [3.05, 3.63) is 59.7 Å². The first-order chi connectivity index (χ1) is 15.5. The van der Waals surface area contributed by atoms with Crippen LogP contribution in [0.4, 0.5) is 4.79 Å². The third-order valence-corrected chi connectivity index (χ3v) is 6.37. The molecule has 2 aromatic carbocycles. The number of carboxylic acids is 1. The number of fused-ring (bicyclic) bond motifs is 3. The van der Waals surface area contributed by atoms with Gasteiger partial charge in [0.25, 0.3) is 0 Å². The van der Waals surface area contributed by atoms with Crippen LogP contribution < -0.4 is 10.6 Å². The molecule has 170 valence electrons. The molecule has 2 aromatic rings. The Morgan fingerprint density at radius 3 is 2.16 bits per heavy atom. The minimum Gasteiger partial charge on any atom is -0.480 e. The lowest BCUT2D eigenvalue weighted by atomic mass is 9.98. The van der Waals surface area contributed by atoms with Crippen molar-refractivity contribution in [2.45, 2.75) is 24.4 Å². The highest BCUT2D eigenvalue weighted by Crippen LogP contribution is 2.44. The van der Waals surface area contributed by atoms with Crippen molar-refractivity contribution >= 4 is 42.4 Å². The van der Waals surface area contributed by atoms with Crippen molar-refractivity contribution in [3.8, 4) is 11.1 Å². The number of carbonyl (C=O) groups excluding carboxylic acids is 2. The molecule has 0 fully saturated rings. The second kappa shape index (κ2) is 11.3. The number of amides is 2. The van der Waals surface area contributed by atoms with Crippen LogP contribution in [0.5, 0.6) is 0 Å². The number of thioether (sulfide) groups is 1. The van der Waals surface area contributed by atoms with Gasteiger partial charge in [-0.15, -0.1) is 0 Å². The first-order valence-electron chi connectivity index (χ1n) is 10.2. The molecule has 2 amide bonds. The van der Waals surface area contributed by atoms with Gasteiger partial charge in [0.05, 0.1) is 0 Å². The molecule has 0 saturated carbocycles. The fourth-order valence-corrected chi connectivity index (χ4v) is 4.46. The summed E-state index contributed by atoms with van der Waals surface area (Å²) in [4.78, 5) is 36.3. The van der Waals surface area contributed by atoms with Gasteiger partial charge in [-0.05, 0) is 40.7 Å². The molecule has 0 heterocycles. The molecular formula is C23H26N2O5S2. The molecule has 0 bridgehead atoms. The fraction of sp³-hybridized carbons (Fsp3) is 0.348. The lowest BCUT2D eigenvalue weighted by Gasteiger charge is -2.21. The van der Waals surface area contributed by atoms with Crippen LogP contribution in [-0.2, 0) is 14.3 Å². The van der Waals surface area contributed by atoms with E-state index < -0.39 is 30.1 Å². The molecule has 0 aromatic heterocycles. The van der Waals surface area contributed by atoms with Crippen LogP contribution in [0.2, 0.25) is 0 Å². The largest absolute Gasteiger partial charge is 0.480 e. The molecule has 2 atom stereocenters. The number of aliphatic carboxylic acids is 1. The molecule has 3 N–H and O–H groups in total. The number of benzene rings is 2. The van der Waals surface area contributed by atoms with E-state index in [1.54, 1.807) is 0 Å². The maximum Gasteiger partial charge on any atom is 0.407 e. The Morgan fingerprint density at radius 2 is 1.62 bits per heavy atom. The molecule has 1 aliphatic rings. The van der Waals surface area contributed by atoms with E-state index in [0.717, 1.165) is 22.3 Å². The van der Waals surface area contributed by atoms with Crippen LogP contribution in [0.1, 0.15) is 23.5 Å². The summed E-state index contributed by atoms with van der Waals surface area (Å²) in [6.45, 7) is 0.130. The molecule has 0 saturated heterocycles. The van der Waals surface area contributed by atoms with Gasteiger partial charge in [-0.25, -0.2) is 9.59 Å². The summed E-state index contributed by atoms with van der Waals surface area (Å²) >= 11 is 5.48. The summed E-state index contributed by atoms with van der Waals surface area (Å²) in [6, 6.07) is 14.0. The highest BCUT2D eigenvalue weighted by molar-refractivity contribution is 7.98. The van der Waals surface area contributed by atoms with Gasteiger partial charge in [0.1, 0.15) is 18.7 Å². The van der Waals surface area contributed by atoms with E-state index in [4.69, 9.17) is 9.84 Å². The summed E-state index contributed by atoms with van der Waals surface area (Å²) < 4.78 is 5.51. The maximum atomic E-state index is 12.6. The summed E-state index contributed by atoms with van der Waals surface area (Å²) in [7, 11) is 0. The second-order valence-corrected chi connectivity index (χ2v) is 8.74. The van der Waals surface area contributed by atoms with Gasteiger partial charge < -0.3 is 20.5 Å². The first-order valence-corrected chi connectivity index (χ1v) is 12.2. The lowest BCUT2D eigenvalue weighted by molar-refractivity contribution is -0.141. The van der Waals surface area contributed by atoms with Crippen LogP contribution in [0.25, 0.3) is 11.1 Å². The predicted molar refractivity (Wildman–Crippen MR) is 128 cm³/mol. The Kier molecular flexibility index (Phi) is 8.46. The molecule has 9 heteroatoms. The summed E-state index contributed by atoms with van der Waals surface area (Å²) in [5.74, 6) is -1.29. The number of nitrogens with one attached hydrogen (secondary N) is 2. The average molecular weight is 475 g/mol. The zero-order valence-corrected chi connectivity index (χ0v) is 19.3. The third-order valence-electron chi connectivity index (χ3n) is 5.36. The molecular weight excluding hydrogens is 448 g/mol. The minimum atomic E-state index is -1.18. The lowest BCUT2D eigenvalue weighted by Crippen LogP contribution is -2.52. The zero-order valence-electron chi connectivity index (χ0n) is 17.6. The number of ether oxygens (including phenoxy) is 1. The van der Waals surface area contributed by atoms with Gasteiger partial charge in [-0.1, -0.05) is 48.5 Å². The zero-order chi connectivity index (χ0) is 23.1. The van der Waals surface area contributed by atoms with E-state index in [2.05, 4.69) is 35.4 Å². The third kappa shape index (κ3) is 5.58. The highest BCUT2D eigenvalue weighted by atomic mass is 32.2. The SMILES string of the molecule is CSCC[C@H](NC(=O)OCC1c2ccccc2-c2ccccc21)C(=O)N[C@@H](CS)C(=O)O. The highest BCUT2D eigenvalue weighted by Gasteiger charge is 2.30. The van der Waals surface area contributed by atoms with Gasteiger partial charge in [0.2, 0.25) is 5.91 Å². The monoisotopic (exact) mass is 474 g/mol. The molecule has 7 nitrogen and oxygen atoms in total. The van der Waals surface area contributed by atoms with Crippen LogP contribution in [-0.4, -0.2) is 59.5 Å². The normalized spacial score (nSPS) is 14.1. The smallest absolute Gasteiger partial charge is 0.407 e. The van der Waals surface area contributed by atoms with E-state index >= 15 is 0 Å². The van der Waals surface area contributed by atoms with Gasteiger partial charge in [0, 0.05) is 11.7 Å². The number of rotatable bonds is 10. The van der Waals surface area contributed by atoms with Gasteiger partial charge in [0.15, 0.2) is 0 Å². The van der Waals surface area contributed by atoms with Gasteiger partial charge in [-0.3, -0.25) is 4.79 Å². The van der Waals surface area contributed by atoms with Crippen LogP contribution >= 0.6 is 24.4 Å². The Labute approximate surface area is 196 Å². The summed E-state index contributed by atoms with van der Waals surface area (Å²) in [5.41, 5.74) is 4.44. The molecule has 1 aliphatic carbocycles. The number of carboxylic acid groups (broad SMARTS) is 1. The number of thiol groups is 1. The quantitative estimate of drug-likeness (QED) is 0.395. The minimum absolute atomic E-state index is 0.0543. The first kappa shape index (κ1) is 24.0. The van der Waals surface area contributed by atoms with Crippen molar-refractivity contribution in [1.29, 1.82) is 0 Å². The van der Waals surface area contributed by atoms with Crippen molar-refractivity contribution in [3.63, 3.8) is 0 Å². The predicted octanol–water partition coefficient (Wildman–Crippen LogP) is 3.15. The van der Waals surface area contributed by atoms with E-state index in [0.29, 0.717) is 12.2 Å². The average Bonchev–Trinajstić information content (AvgIpc) is 3.12. The Bertz CT molecular complexity index is 939. The Hall–Kier alpha value is -2.65. The van der Waals surface area contributed by atoms with Gasteiger partial charge in [-0.2, -0.15) is 24.4 Å². The molecule has 0 radical (unpaired) electrons. The van der Waals surface area contributed by atoms with E-state index in [1.165, 1.54) is 11.8 Å². The number of alkyl carbamates (subject to hydrolysis) is 1. The van der Waals surface area contributed by atoms with Crippen LogP contribution in [0.15, 0.2) is 48.5 Å². The standard InChI is InChI=1S/C23H26N2O5S2/c1-32-11-10-19(21(26)24-20(13-31)22(27)28)25-23(29)30-12-18-16-8-4-2-6-14(16)15-7-3-5-9-17(15)18/h2-9,18-20,31H,10-13H2,1H3,(H,24,26)(H,25,29)(H,27,28)/t19-,20-/m0/s1. The van der Waals surface area contributed by atoms with Crippen molar-refractivity contribution < 1.29 is 24.2 Å². The van der Waals surface area contributed by atoms with E-state index in [9.17, 15) is 14.4 Å². The molecule has 0 spiro atoms. The maximum absolute atomic E-state index is 12.6. The van der Waals surface area contributed by atoms with Crippen molar-refractivity contribution in [2.75, 3.05) is 24.4 Å². The van der Waals surface area contributed by atoms with E-state index in [1.807, 2.05) is 42.7 Å². The topological polar surface area (TPSA) is 105 Å². The fourth-order valence-electron chi connectivity index (χ4n) is 3.74.